The fraction of sp³-hybridized carbons (Fsp3) is 0.318. The molecule has 30 heavy (non-hydrogen) atoms. The second-order valence-corrected chi connectivity index (χ2v) is 6.70. The summed E-state index contributed by atoms with van der Waals surface area (Å²) in [7, 11) is 1.61. The van der Waals surface area contributed by atoms with E-state index in [4.69, 9.17) is 9.47 Å². The van der Waals surface area contributed by atoms with Gasteiger partial charge >= 0.3 is 5.69 Å². The molecule has 0 fully saturated rings. The number of hydrogen-bond donors (Lipinski definition) is 1. The van der Waals surface area contributed by atoms with Crippen molar-refractivity contribution in [3.05, 3.63) is 74.9 Å². The number of amides is 1. The van der Waals surface area contributed by atoms with Crippen LogP contribution < -0.4 is 21.3 Å². The summed E-state index contributed by atoms with van der Waals surface area (Å²) in [5, 5.41) is 3.23. The van der Waals surface area contributed by atoms with Crippen LogP contribution in [0.4, 0.5) is 0 Å². The molecule has 1 amide bonds. The lowest BCUT2D eigenvalue weighted by molar-refractivity contribution is -0.121. The van der Waals surface area contributed by atoms with E-state index in [2.05, 4.69) is 5.32 Å². The number of hydrogen-bond acceptors (Lipinski definition) is 5. The Morgan fingerprint density at radius 2 is 1.83 bits per heavy atom. The number of nitrogens with one attached hydrogen (secondary N) is 1. The van der Waals surface area contributed by atoms with Gasteiger partial charge in [-0.05, 0) is 36.8 Å². The fourth-order valence-corrected chi connectivity index (χ4v) is 3.19. The molecule has 8 nitrogen and oxygen atoms in total. The van der Waals surface area contributed by atoms with Crippen LogP contribution in [0, 0.1) is 0 Å². The first-order chi connectivity index (χ1) is 14.5. The molecule has 0 unspecified atom stereocenters. The number of nitrogens with zero attached hydrogens (tertiary/aromatic N) is 2. The van der Waals surface area contributed by atoms with Gasteiger partial charge in [-0.25, -0.2) is 4.79 Å². The molecule has 0 spiro atoms. The number of carbonyl (C=O) groups is 1. The van der Waals surface area contributed by atoms with E-state index in [1.54, 1.807) is 38.3 Å². The first-order valence-corrected chi connectivity index (χ1v) is 9.75. The number of ether oxygens (including phenoxy) is 2. The van der Waals surface area contributed by atoms with Crippen LogP contribution in [-0.4, -0.2) is 35.4 Å². The van der Waals surface area contributed by atoms with Gasteiger partial charge in [0.1, 0.15) is 18.9 Å². The van der Waals surface area contributed by atoms with E-state index >= 15 is 0 Å². The van der Waals surface area contributed by atoms with Gasteiger partial charge in [0.15, 0.2) is 0 Å². The molecule has 1 heterocycles. The Morgan fingerprint density at radius 1 is 1.03 bits per heavy atom. The van der Waals surface area contributed by atoms with Crippen molar-refractivity contribution in [2.75, 3.05) is 20.3 Å². The Balaban J connectivity index is 1.75. The van der Waals surface area contributed by atoms with Gasteiger partial charge in [-0.15, -0.1) is 0 Å². The first-order valence-electron chi connectivity index (χ1n) is 9.75. The molecule has 0 saturated heterocycles. The second-order valence-electron chi connectivity index (χ2n) is 6.70. The third-order valence-electron chi connectivity index (χ3n) is 4.69. The van der Waals surface area contributed by atoms with Crippen LogP contribution in [0.1, 0.15) is 12.5 Å². The zero-order valence-electron chi connectivity index (χ0n) is 17.1. The van der Waals surface area contributed by atoms with E-state index in [0.717, 1.165) is 10.1 Å². The monoisotopic (exact) mass is 411 g/mol. The van der Waals surface area contributed by atoms with Crippen molar-refractivity contribution in [1.82, 2.24) is 14.5 Å². The lowest BCUT2D eigenvalue weighted by Crippen LogP contribution is -2.42. The quantitative estimate of drug-likeness (QED) is 0.539. The summed E-state index contributed by atoms with van der Waals surface area (Å²) < 4.78 is 13.0. The van der Waals surface area contributed by atoms with Gasteiger partial charge in [-0.3, -0.25) is 18.7 Å². The standard InChI is InChI=1S/C22H25N3O5/c1-3-24-21(27)18-9-4-5-10-19(18)25(22(24)28)15-20(26)23-14-16-7-6-8-17(13-16)30-12-11-29-2/h4-10,13H,3,11-12,14-15H2,1-2H3,(H,23,26). The number of rotatable bonds is 9. The SMILES string of the molecule is CCn1c(=O)c2ccccc2n(CC(=O)NCc2cccc(OCCOC)c2)c1=O. The minimum atomic E-state index is -0.495. The molecule has 2 aromatic carbocycles. The number of carbonyl (C=O) groups excluding carboxylic acids is 1. The minimum Gasteiger partial charge on any atom is -0.491 e. The highest BCUT2D eigenvalue weighted by Crippen LogP contribution is 2.13. The molecule has 0 bridgehead atoms. The molecule has 0 saturated carbocycles. The van der Waals surface area contributed by atoms with Crippen molar-refractivity contribution in [2.24, 2.45) is 0 Å². The highest BCUT2D eigenvalue weighted by atomic mass is 16.5. The average molecular weight is 411 g/mol. The topological polar surface area (TPSA) is 91.6 Å². The lowest BCUT2D eigenvalue weighted by Gasteiger charge is -2.13. The first kappa shape index (κ1) is 21.3. The molecule has 0 atom stereocenters. The van der Waals surface area contributed by atoms with Gasteiger partial charge in [0.05, 0.1) is 17.5 Å². The largest absolute Gasteiger partial charge is 0.491 e. The number of benzene rings is 2. The van der Waals surface area contributed by atoms with E-state index in [1.807, 2.05) is 24.3 Å². The zero-order valence-corrected chi connectivity index (χ0v) is 17.1. The van der Waals surface area contributed by atoms with Gasteiger partial charge in [-0.1, -0.05) is 24.3 Å². The number of fused-ring (bicyclic) bond motifs is 1. The maximum absolute atomic E-state index is 12.7. The summed E-state index contributed by atoms with van der Waals surface area (Å²) in [6, 6.07) is 14.2. The summed E-state index contributed by atoms with van der Waals surface area (Å²) >= 11 is 0. The van der Waals surface area contributed by atoms with Crippen LogP contribution in [0.5, 0.6) is 5.75 Å². The molecule has 0 aliphatic rings. The fourth-order valence-electron chi connectivity index (χ4n) is 3.19. The summed E-state index contributed by atoms with van der Waals surface area (Å²) in [6.45, 7) is 3.01. The highest BCUT2D eigenvalue weighted by molar-refractivity contribution is 5.81. The van der Waals surface area contributed by atoms with Crippen LogP contribution in [0.3, 0.4) is 0 Å². The van der Waals surface area contributed by atoms with Gasteiger partial charge in [0.2, 0.25) is 5.91 Å². The summed E-state index contributed by atoms with van der Waals surface area (Å²) in [5.74, 6) is 0.366. The number of aromatic nitrogens is 2. The van der Waals surface area contributed by atoms with Crippen molar-refractivity contribution in [3.63, 3.8) is 0 Å². The zero-order chi connectivity index (χ0) is 21.5. The number of methoxy groups -OCH3 is 1. The van der Waals surface area contributed by atoms with Gasteiger partial charge in [0.25, 0.3) is 5.56 Å². The number of para-hydroxylation sites is 1. The predicted molar refractivity (Wildman–Crippen MR) is 114 cm³/mol. The van der Waals surface area contributed by atoms with Crippen molar-refractivity contribution >= 4 is 16.8 Å². The van der Waals surface area contributed by atoms with Crippen LogP contribution in [0.15, 0.2) is 58.1 Å². The molecule has 1 aromatic heterocycles. The Bertz CT molecular complexity index is 1150. The van der Waals surface area contributed by atoms with Crippen molar-refractivity contribution in [1.29, 1.82) is 0 Å². The van der Waals surface area contributed by atoms with E-state index in [0.29, 0.717) is 36.4 Å². The summed E-state index contributed by atoms with van der Waals surface area (Å²) in [5.41, 5.74) is 0.472. The Hall–Kier alpha value is -3.39. The predicted octanol–water partition coefficient (Wildman–Crippen LogP) is 1.52. The van der Waals surface area contributed by atoms with Gasteiger partial charge in [-0.2, -0.15) is 0 Å². The average Bonchev–Trinajstić information content (AvgIpc) is 2.76. The molecule has 8 heteroatoms. The summed E-state index contributed by atoms with van der Waals surface area (Å²) in [6.07, 6.45) is 0. The van der Waals surface area contributed by atoms with E-state index in [-0.39, 0.29) is 24.6 Å². The van der Waals surface area contributed by atoms with Crippen molar-refractivity contribution in [2.45, 2.75) is 26.6 Å². The Morgan fingerprint density at radius 3 is 2.60 bits per heavy atom. The molecular weight excluding hydrogens is 386 g/mol. The smallest absolute Gasteiger partial charge is 0.331 e. The van der Waals surface area contributed by atoms with Crippen LogP contribution in [0.2, 0.25) is 0 Å². The maximum Gasteiger partial charge on any atom is 0.331 e. The Labute approximate surface area is 173 Å². The van der Waals surface area contributed by atoms with E-state index in [9.17, 15) is 14.4 Å². The third kappa shape index (κ3) is 4.77. The Kier molecular flexibility index (Phi) is 7.03. The normalized spacial score (nSPS) is 10.9. The van der Waals surface area contributed by atoms with E-state index in [1.165, 1.54) is 4.57 Å². The third-order valence-corrected chi connectivity index (χ3v) is 4.69. The van der Waals surface area contributed by atoms with Crippen LogP contribution in [0.25, 0.3) is 10.9 Å². The van der Waals surface area contributed by atoms with Gasteiger partial charge in [0, 0.05) is 20.2 Å². The van der Waals surface area contributed by atoms with E-state index < -0.39 is 5.69 Å². The molecule has 0 aliphatic heterocycles. The van der Waals surface area contributed by atoms with Crippen LogP contribution >= 0.6 is 0 Å². The molecule has 3 aromatic rings. The molecule has 0 aliphatic carbocycles. The molecule has 1 N–H and O–H groups in total. The minimum absolute atomic E-state index is 0.177. The maximum atomic E-state index is 12.7. The van der Waals surface area contributed by atoms with Crippen molar-refractivity contribution in [3.8, 4) is 5.75 Å². The summed E-state index contributed by atoms with van der Waals surface area (Å²) in [4.78, 5) is 37.8. The molecule has 158 valence electrons. The molecular formula is C22H25N3O5. The second kappa shape index (κ2) is 9.89. The van der Waals surface area contributed by atoms with Crippen LogP contribution in [-0.2, 0) is 29.2 Å². The molecule has 0 radical (unpaired) electrons. The van der Waals surface area contributed by atoms with Gasteiger partial charge < -0.3 is 14.8 Å². The lowest BCUT2D eigenvalue weighted by atomic mass is 10.2. The van der Waals surface area contributed by atoms with Crippen molar-refractivity contribution < 1.29 is 14.3 Å². The molecule has 3 rings (SSSR count). The highest BCUT2D eigenvalue weighted by Gasteiger charge is 2.14.